The molecule has 2 saturated heterocycles. The number of hydrogen-bond acceptors (Lipinski definition) is 4. The van der Waals surface area contributed by atoms with Crippen LogP contribution in [0.25, 0.3) is 0 Å². The quantitative estimate of drug-likeness (QED) is 0.674. The number of carbonyl (C=O) groups is 2. The number of nitrogens with zero attached hydrogens (tertiary/aromatic N) is 3. The number of piperazine rings is 1. The molecule has 1 aromatic carbocycles. The molecule has 2 aliphatic rings. The standard InChI is InChI=1S/C20H26F3N3O4S/c1-2-14-31(29,30)26-9-3-4-17(26)19(28)25-12-10-24(11-13-25)18(27)15-5-7-16(8-6-15)20(21,22)23/h5-8,17H,2-4,9-14H2,1H3. The fourth-order valence-electron chi connectivity index (χ4n) is 4.02. The maximum atomic E-state index is 12.9. The number of alkyl halides is 3. The number of amides is 2. The Labute approximate surface area is 179 Å². The minimum absolute atomic E-state index is 0.00614. The summed E-state index contributed by atoms with van der Waals surface area (Å²) in [5.74, 6) is -0.640. The fourth-order valence-corrected chi connectivity index (χ4v) is 5.76. The minimum Gasteiger partial charge on any atom is -0.338 e. The monoisotopic (exact) mass is 461 g/mol. The summed E-state index contributed by atoms with van der Waals surface area (Å²) in [6, 6.07) is 3.35. The first-order valence-electron chi connectivity index (χ1n) is 10.3. The van der Waals surface area contributed by atoms with Crippen LogP contribution in [-0.4, -0.2) is 78.9 Å². The van der Waals surface area contributed by atoms with E-state index >= 15 is 0 Å². The molecule has 1 aromatic rings. The van der Waals surface area contributed by atoms with Crippen LogP contribution in [0.5, 0.6) is 0 Å². The van der Waals surface area contributed by atoms with Crippen molar-refractivity contribution in [1.29, 1.82) is 0 Å². The molecule has 0 spiro atoms. The van der Waals surface area contributed by atoms with Crippen molar-refractivity contribution in [3.8, 4) is 0 Å². The second-order valence-corrected chi connectivity index (χ2v) is 9.82. The molecule has 0 N–H and O–H groups in total. The summed E-state index contributed by atoms with van der Waals surface area (Å²) < 4.78 is 64.3. The van der Waals surface area contributed by atoms with Crippen molar-refractivity contribution in [3.63, 3.8) is 0 Å². The topological polar surface area (TPSA) is 78.0 Å². The van der Waals surface area contributed by atoms with Crippen molar-refractivity contribution >= 4 is 21.8 Å². The highest BCUT2D eigenvalue weighted by atomic mass is 32.2. The lowest BCUT2D eigenvalue weighted by Crippen LogP contribution is -2.55. The van der Waals surface area contributed by atoms with Gasteiger partial charge in [-0.1, -0.05) is 6.92 Å². The minimum atomic E-state index is -4.47. The molecule has 7 nitrogen and oxygen atoms in total. The van der Waals surface area contributed by atoms with Gasteiger partial charge in [0.1, 0.15) is 6.04 Å². The first kappa shape index (κ1) is 23.5. The summed E-state index contributed by atoms with van der Waals surface area (Å²) in [4.78, 5) is 28.6. The van der Waals surface area contributed by atoms with Crippen molar-refractivity contribution in [3.05, 3.63) is 35.4 Å². The third-order valence-electron chi connectivity index (χ3n) is 5.65. The van der Waals surface area contributed by atoms with Crippen LogP contribution >= 0.6 is 0 Å². The average molecular weight is 462 g/mol. The van der Waals surface area contributed by atoms with Gasteiger partial charge in [-0.25, -0.2) is 8.42 Å². The second kappa shape index (κ2) is 9.15. The maximum absolute atomic E-state index is 12.9. The van der Waals surface area contributed by atoms with Crippen LogP contribution in [0.2, 0.25) is 0 Å². The highest BCUT2D eigenvalue weighted by Crippen LogP contribution is 2.29. The van der Waals surface area contributed by atoms with Crippen LogP contribution in [0.1, 0.15) is 42.1 Å². The van der Waals surface area contributed by atoms with Gasteiger partial charge in [-0.05, 0) is 43.5 Å². The molecule has 1 atom stereocenters. The second-order valence-electron chi connectivity index (χ2n) is 7.78. The molecule has 1 unspecified atom stereocenters. The van der Waals surface area contributed by atoms with E-state index in [4.69, 9.17) is 0 Å². The summed E-state index contributed by atoms with van der Waals surface area (Å²) in [5, 5.41) is 0. The molecule has 172 valence electrons. The van der Waals surface area contributed by atoms with Crippen LogP contribution in [0, 0.1) is 0 Å². The molecule has 0 saturated carbocycles. The van der Waals surface area contributed by atoms with Gasteiger partial charge in [0.2, 0.25) is 15.9 Å². The molecule has 0 aliphatic carbocycles. The number of rotatable bonds is 5. The molecule has 2 amide bonds. The number of carbonyl (C=O) groups excluding carboxylic acids is 2. The summed E-state index contributed by atoms with van der Waals surface area (Å²) in [6.45, 7) is 3.09. The van der Waals surface area contributed by atoms with Crippen LogP contribution < -0.4 is 0 Å². The van der Waals surface area contributed by atoms with Gasteiger partial charge < -0.3 is 9.80 Å². The van der Waals surface area contributed by atoms with E-state index in [0.29, 0.717) is 25.8 Å². The van der Waals surface area contributed by atoms with E-state index in [1.807, 2.05) is 0 Å². The normalized spacial score (nSPS) is 20.8. The van der Waals surface area contributed by atoms with Gasteiger partial charge in [-0.2, -0.15) is 17.5 Å². The van der Waals surface area contributed by atoms with Crippen molar-refractivity contribution < 1.29 is 31.2 Å². The Morgan fingerprint density at radius 3 is 2.13 bits per heavy atom. The lowest BCUT2D eigenvalue weighted by atomic mass is 10.1. The summed E-state index contributed by atoms with van der Waals surface area (Å²) in [5.41, 5.74) is -0.668. The van der Waals surface area contributed by atoms with Gasteiger partial charge in [-0.3, -0.25) is 9.59 Å². The molecule has 11 heteroatoms. The van der Waals surface area contributed by atoms with Crippen LogP contribution in [0.15, 0.2) is 24.3 Å². The van der Waals surface area contributed by atoms with Gasteiger partial charge >= 0.3 is 6.18 Å². The molecule has 0 bridgehead atoms. The lowest BCUT2D eigenvalue weighted by molar-refractivity contribution is -0.137. The Bertz CT molecular complexity index is 911. The SMILES string of the molecule is CCCS(=O)(=O)N1CCCC1C(=O)N1CCN(C(=O)c2ccc(C(F)(F)F)cc2)CC1. The smallest absolute Gasteiger partial charge is 0.338 e. The van der Waals surface area contributed by atoms with E-state index in [2.05, 4.69) is 0 Å². The third kappa shape index (κ3) is 5.20. The van der Waals surface area contributed by atoms with E-state index in [1.54, 1.807) is 11.8 Å². The summed E-state index contributed by atoms with van der Waals surface area (Å²) in [6.07, 6.45) is -2.88. The largest absolute Gasteiger partial charge is 0.416 e. The molecule has 0 aromatic heterocycles. The van der Waals surface area contributed by atoms with Crippen molar-refractivity contribution in [2.75, 3.05) is 38.5 Å². The van der Waals surface area contributed by atoms with E-state index in [1.165, 1.54) is 9.21 Å². The molecule has 31 heavy (non-hydrogen) atoms. The average Bonchev–Trinajstić information content (AvgIpc) is 3.23. The Morgan fingerprint density at radius 2 is 1.58 bits per heavy atom. The van der Waals surface area contributed by atoms with E-state index in [9.17, 15) is 31.2 Å². The summed E-state index contributed by atoms with van der Waals surface area (Å²) in [7, 11) is -3.48. The molecule has 2 aliphatic heterocycles. The molecule has 3 rings (SSSR count). The van der Waals surface area contributed by atoms with E-state index < -0.39 is 33.7 Å². The molecular formula is C20H26F3N3O4S. The Kier molecular flexibility index (Phi) is 6.95. The summed E-state index contributed by atoms with van der Waals surface area (Å²) >= 11 is 0. The fraction of sp³-hybridized carbons (Fsp3) is 0.600. The van der Waals surface area contributed by atoms with Crippen molar-refractivity contribution in [1.82, 2.24) is 14.1 Å². The van der Waals surface area contributed by atoms with Crippen LogP contribution in [0.3, 0.4) is 0 Å². The molecule has 2 fully saturated rings. The highest BCUT2D eigenvalue weighted by molar-refractivity contribution is 7.89. The van der Waals surface area contributed by atoms with Gasteiger partial charge in [0.15, 0.2) is 0 Å². The first-order chi connectivity index (χ1) is 14.5. The number of halogens is 3. The van der Waals surface area contributed by atoms with Gasteiger partial charge in [0.05, 0.1) is 11.3 Å². The maximum Gasteiger partial charge on any atom is 0.416 e. The Balaban J connectivity index is 1.60. The van der Waals surface area contributed by atoms with E-state index in [0.717, 1.165) is 24.3 Å². The van der Waals surface area contributed by atoms with Gasteiger partial charge in [0.25, 0.3) is 5.91 Å². The zero-order valence-corrected chi connectivity index (χ0v) is 18.1. The first-order valence-corrected chi connectivity index (χ1v) is 11.9. The highest BCUT2D eigenvalue weighted by Gasteiger charge is 2.40. The lowest BCUT2D eigenvalue weighted by Gasteiger charge is -2.37. The van der Waals surface area contributed by atoms with Crippen LogP contribution in [0.4, 0.5) is 13.2 Å². The van der Waals surface area contributed by atoms with Crippen LogP contribution in [-0.2, 0) is 21.0 Å². The molecule has 0 radical (unpaired) electrons. The van der Waals surface area contributed by atoms with Gasteiger partial charge in [0, 0.05) is 38.3 Å². The number of hydrogen-bond donors (Lipinski definition) is 0. The molecule has 2 heterocycles. The Morgan fingerprint density at radius 1 is 1.00 bits per heavy atom. The Hall–Kier alpha value is -2.14. The number of sulfonamides is 1. The zero-order chi connectivity index (χ0) is 22.8. The van der Waals surface area contributed by atoms with Crippen molar-refractivity contribution in [2.24, 2.45) is 0 Å². The van der Waals surface area contributed by atoms with Crippen molar-refractivity contribution in [2.45, 2.75) is 38.4 Å². The predicted octanol–water partition coefficient (Wildman–Crippen LogP) is 2.19. The zero-order valence-electron chi connectivity index (χ0n) is 17.3. The van der Waals surface area contributed by atoms with E-state index in [-0.39, 0.29) is 43.4 Å². The third-order valence-corrected chi connectivity index (χ3v) is 7.72. The molecular weight excluding hydrogens is 435 g/mol. The number of benzene rings is 1. The predicted molar refractivity (Wildman–Crippen MR) is 108 cm³/mol. The van der Waals surface area contributed by atoms with Gasteiger partial charge in [-0.15, -0.1) is 0 Å².